The number of carbonyl (C=O) groups excluding carboxylic acids is 2. The Hall–Kier alpha value is -5.38. The molecule has 4 aromatic rings. The summed E-state index contributed by atoms with van der Waals surface area (Å²) in [6.45, 7) is 5.11. The molecule has 2 saturated heterocycles. The summed E-state index contributed by atoms with van der Waals surface area (Å²) >= 11 is 1.52. The molecule has 18 nitrogen and oxygen atoms in total. The highest BCUT2D eigenvalue weighted by Gasteiger charge is 2.45. The first-order valence-corrected chi connectivity index (χ1v) is 22.9. The van der Waals surface area contributed by atoms with E-state index < -0.39 is 71.6 Å². The molecule has 0 aliphatic carbocycles. The van der Waals surface area contributed by atoms with Crippen molar-refractivity contribution in [2.24, 2.45) is 17.8 Å². The SMILES string of the molecule is Cc1nc(COc2ccc(C[C@H](NC(=O)O[C@H]3CO[C@H]4OCC[C@H]43)[C@@H](CN(CC(C)C)S(=O)(=O)c3ccc4c(c3)OCO4)C(OCC(=O)NCc3ccccn3)C(=O)O)cc2)cs1. The van der Waals surface area contributed by atoms with Gasteiger partial charge in [-0.05, 0) is 67.6 Å². The molecule has 63 heavy (non-hydrogen) atoms. The van der Waals surface area contributed by atoms with Gasteiger partial charge < -0.3 is 48.9 Å². The van der Waals surface area contributed by atoms with Gasteiger partial charge in [0, 0.05) is 42.7 Å². The first kappa shape index (κ1) is 45.6. The quantitative estimate of drug-likeness (QED) is 0.106. The van der Waals surface area contributed by atoms with Gasteiger partial charge in [0.25, 0.3) is 0 Å². The summed E-state index contributed by atoms with van der Waals surface area (Å²) in [6, 6.07) is 15.3. The second-order valence-corrected chi connectivity index (χ2v) is 18.8. The Kier molecular flexibility index (Phi) is 15.1. The third kappa shape index (κ3) is 12.0. The van der Waals surface area contributed by atoms with Crippen molar-refractivity contribution in [3.63, 3.8) is 0 Å². The zero-order valence-electron chi connectivity index (χ0n) is 35.0. The van der Waals surface area contributed by atoms with E-state index in [4.69, 9.17) is 33.2 Å². The van der Waals surface area contributed by atoms with Crippen LogP contribution in [0.3, 0.4) is 0 Å². The van der Waals surface area contributed by atoms with Crippen LogP contribution in [0.2, 0.25) is 0 Å². The monoisotopic (exact) mass is 909 g/mol. The van der Waals surface area contributed by atoms with Crippen LogP contribution < -0.4 is 24.8 Å². The summed E-state index contributed by atoms with van der Waals surface area (Å²) in [5.74, 6) is -2.73. The van der Waals surface area contributed by atoms with E-state index in [1.165, 1.54) is 33.8 Å². The van der Waals surface area contributed by atoms with Crippen molar-refractivity contribution >= 4 is 39.3 Å². The van der Waals surface area contributed by atoms with Gasteiger partial charge in [-0.25, -0.2) is 23.0 Å². The van der Waals surface area contributed by atoms with Gasteiger partial charge in [-0.15, -0.1) is 11.3 Å². The zero-order valence-corrected chi connectivity index (χ0v) is 36.7. The molecule has 0 radical (unpaired) electrons. The van der Waals surface area contributed by atoms with Crippen molar-refractivity contribution in [3.05, 3.63) is 94.2 Å². The van der Waals surface area contributed by atoms with E-state index >= 15 is 0 Å². The number of carboxylic acid groups (broad SMARTS) is 1. The third-order valence-corrected chi connectivity index (χ3v) is 13.3. The minimum atomic E-state index is -4.37. The number of alkyl carbamates (subject to hydrolysis) is 1. The summed E-state index contributed by atoms with van der Waals surface area (Å²) in [6.07, 6.45) is -1.69. The summed E-state index contributed by atoms with van der Waals surface area (Å²) < 4.78 is 70.5. The zero-order chi connectivity index (χ0) is 44.5. The molecule has 2 fully saturated rings. The summed E-state index contributed by atoms with van der Waals surface area (Å²) in [4.78, 5) is 49.0. The van der Waals surface area contributed by atoms with Crippen LogP contribution in [0, 0.1) is 24.7 Å². The smallest absolute Gasteiger partial charge is 0.407 e. The Morgan fingerprint density at radius 2 is 1.83 bits per heavy atom. The molecule has 3 aliphatic heterocycles. The number of sulfonamides is 1. The minimum Gasteiger partial charge on any atom is -0.487 e. The summed E-state index contributed by atoms with van der Waals surface area (Å²) in [7, 11) is -4.37. The highest BCUT2D eigenvalue weighted by Crippen LogP contribution is 2.36. The van der Waals surface area contributed by atoms with E-state index in [0.29, 0.717) is 35.8 Å². The molecular weight excluding hydrogens is 859 g/mol. The number of aryl methyl sites for hydroxylation is 1. The van der Waals surface area contributed by atoms with Gasteiger partial charge in [0.2, 0.25) is 22.7 Å². The number of pyridine rings is 1. The van der Waals surface area contributed by atoms with Gasteiger partial charge in [-0.1, -0.05) is 32.0 Å². The van der Waals surface area contributed by atoms with Crippen molar-refractivity contribution in [2.75, 3.05) is 39.7 Å². The van der Waals surface area contributed by atoms with Crippen LogP contribution in [0.4, 0.5) is 4.79 Å². The first-order chi connectivity index (χ1) is 30.3. The molecule has 7 rings (SSSR count). The molecule has 6 atom stereocenters. The molecule has 2 aromatic carbocycles. The molecule has 2 aromatic heterocycles. The Morgan fingerprint density at radius 1 is 1.02 bits per heavy atom. The average Bonchev–Trinajstić information content (AvgIpc) is 4.09. The Balaban J connectivity index is 1.21. The molecular formula is C43H51N5O13S2. The number of hydrogen-bond acceptors (Lipinski definition) is 15. The van der Waals surface area contributed by atoms with Crippen molar-refractivity contribution in [2.45, 2.75) is 76.2 Å². The fraction of sp³-hybridized carbons (Fsp3) is 0.465. The van der Waals surface area contributed by atoms with E-state index in [1.54, 1.807) is 48.7 Å². The molecule has 3 aliphatic rings. The predicted molar refractivity (Wildman–Crippen MR) is 225 cm³/mol. The highest BCUT2D eigenvalue weighted by atomic mass is 32.2. The maximum atomic E-state index is 14.6. The molecule has 1 unspecified atom stereocenters. The number of aromatic nitrogens is 2. The Morgan fingerprint density at radius 3 is 2.56 bits per heavy atom. The molecule has 338 valence electrons. The number of fused-ring (bicyclic) bond motifs is 2. The number of hydrogen-bond donors (Lipinski definition) is 3. The number of aliphatic carboxylic acids is 1. The average molecular weight is 910 g/mol. The lowest BCUT2D eigenvalue weighted by Crippen LogP contribution is -2.55. The molecule has 0 saturated carbocycles. The number of benzene rings is 2. The number of nitrogens with one attached hydrogen (secondary N) is 2. The van der Waals surface area contributed by atoms with E-state index in [2.05, 4.69) is 20.6 Å². The van der Waals surface area contributed by atoms with Crippen LogP contribution >= 0.6 is 11.3 Å². The first-order valence-electron chi connectivity index (χ1n) is 20.6. The number of nitrogens with zero attached hydrogens (tertiary/aromatic N) is 3. The van der Waals surface area contributed by atoms with Gasteiger partial charge in [0.15, 0.2) is 23.9 Å². The number of carbonyl (C=O) groups is 3. The Bertz CT molecular complexity index is 2300. The van der Waals surface area contributed by atoms with Crippen LogP contribution in [0.15, 0.2) is 77.1 Å². The van der Waals surface area contributed by atoms with Crippen molar-refractivity contribution in [1.29, 1.82) is 0 Å². The van der Waals surface area contributed by atoms with E-state index in [0.717, 1.165) is 10.7 Å². The minimum absolute atomic E-state index is 0.0136. The van der Waals surface area contributed by atoms with Crippen molar-refractivity contribution < 1.29 is 61.1 Å². The lowest BCUT2D eigenvalue weighted by Gasteiger charge is -2.36. The van der Waals surface area contributed by atoms with Gasteiger partial charge in [-0.2, -0.15) is 4.31 Å². The Labute approximate surface area is 369 Å². The number of amides is 2. The summed E-state index contributed by atoms with van der Waals surface area (Å²) in [5.41, 5.74) is 1.99. The van der Waals surface area contributed by atoms with E-state index in [1.807, 2.05) is 26.2 Å². The number of thiazole rings is 1. The maximum Gasteiger partial charge on any atom is 0.407 e. The standard InChI is InChI=1S/C43H51N5O13S2/c1-26(2)19-48(63(53,54)32-11-12-36-37(17-32)60-25-59-36)20-34(40(41(50)51)57-23-39(49)45-18-29-6-4-5-14-44-29)35(47-43(52)61-38-22-58-42-33(38)13-15-55-42)16-28-7-9-31(10-8-28)56-21-30-24-62-27(3)46-30/h4-12,14,17,24,26,33-35,38,40,42H,13,15-16,18-23,25H2,1-3H3,(H,45,49)(H,47,52)(H,50,51)/t33-,34+,35-,38-,40?,42+/m0/s1. The molecule has 0 spiro atoms. The third-order valence-electron chi connectivity index (χ3n) is 10.7. The second-order valence-electron chi connectivity index (χ2n) is 15.8. The molecule has 2 amide bonds. The van der Waals surface area contributed by atoms with Crippen LogP contribution in [0.25, 0.3) is 0 Å². The summed E-state index contributed by atoms with van der Waals surface area (Å²) in [5, 5.41) is 19.3. The molecule has 20 heteroatoms. The predicted octanol–water partition coefficient (Wildman–Crippen LogP) is 4.30. The van der Waals surface area contributed by atoms with Crippen LogP contribution in [0.5, 0.6) is 17.2 Å². The van der Waals surface area contributed by atoms with Gasteiger partial charge in [0.1, 0.15) is 25.1 Å². The van der Waals surface area contributed by atoms with Gasteiger partial charge in [0.05, 0.1) is 47.0 Å². The van der Waals surface area contributed by atoms with Crippen LogP contribution in [-0.2, 0) is 58.1 Å². The molecule has 0 bridgehead atoms. The van der Waals surface area contributed by atoms with E-state index in [-0.39, 0.29) is 62.0 Å². The fourth-order valence-electron chi connectivity index (χ4n) is 7.61. The number of carboxylic acids is 1. The number of ether oxygens (including phenoxy) is 7. The van der Waals surface area contributed by atoms with Crippen LogP contribution in [-0.4, -0.2) is 110 Å². The molecule has 5 heterocycles. The second kappa shape index (κ2) is 20.9. The van der Waals surface area contributed by atoms with Crippen LogP contribution in [0.1, 0.15) is 42.2 Å². The highest BCUT2D eigenvalue weighted by molar-refractivity contribution is 7.89. The van der Waals surface area contributed by atoms with Crippen molar-refractivity contribution in [1.82, 2.24) is 24.9 Å². The van der Waals surface area contributed by atoms with Gasteiger partial charge in [-0.3, -0.25) is 9.78 Å². The number of rotatable bonds is 21. The van der Waals surface area contributed by atoms with Crippen molar-refractivity contribution in [3.8, 4) is 17.2 Å². The largest absolute Gasteiger partial charge is 0.487 e. The fourth-order valence-corrected chi connectivity index (χ4v) is 9.86. The lowest BCUT2D eigenvalue weighted by atomic mass is 9.88. The lowest BCUT2D eigenvalue weighted by molar-refractivity contribution is -0.157. The molecule has 3 N–H and O–H groups in total. The van der Waals surface area contributed by atoms with E-state index in [9.17, 15) is 27.9 Å². The maximum absolute atomic E-state index is 14.6. The van der Waals surface area contributed by atoms with Gasteiger partial charge >= 0.3 is 12.1 Å². The topological polar surface area (TPSA) is 223 Å². The normalized spacial score (nSPS) is 19.3.